The lowest BCUT2D eigenvalue weighted by Gasteiger charge is -2.24. The molecule has 26 heavy (non-hydrogen) atoms. The summed E-state index contributed by atoms with van der Waals surface area (Å²) in [6.45, 7) is 3.14. The van der Waals surface area contributed by atoms with Gasteiger partial charge in [0, 0.05) is 19.7 Å². The van der Waals surface area contributed by atoms with E-state index in [9.17, 15) is 4.79 Å². The lowest BCUT2D eigenvalue weighted by molar-refractivity contribution is 0.199. The summed E-state index contributed by atoms with van der Waals surface area (Å²) in [6, 6.07) is 12.2. The first kappa shape index (κ1) is 20.4. The summed E-state index contributed by atoms with van der Waals surface area (Å²) >= 11 is 12.0. The van der Waals surface area contributed by atoms with Crippen LogP contribution in [0.15, 0.2) is 42.5 Å². The molecule has 0 heterocycles. The second-order valence-electron chi connectivity index (χ2n) is 5.61. The standard InChI is InChI=1S/C19H22Cl2N2O3/c1-2-26-18-7-4-3-6-17(18)22-19(25)23(10-5-11-24)13-14-8-9-15(20)16(21)12-14/h3-4,6-9,12,24H,2,5,10-11,13H2,1H3,(H,22,25). The summed E-state index contributed by atoms with van der Waals surface area (Å²) in [7, 11) is 0. The van der Waals surface area contributed by atoms with Crippen LogP contribution in [0.3, 0.4) is 0 Å². The van der Waals surface area contributed by atoms with Gasteiger partial charge in [0.2, 0.25) is 0 Å². The first-order valence-corrected chi connectivity index (χ1v) is 9.13. The van der Waals surface area contributed by atoms with Crippen molar-refractivity contribution < 1.29 is 14.6 Å². The molecule has 0 atom stereocenters. The number of carbonyl (C=O) groups excluding carboxylic acids is 1. The van der Waals surface area contributed by atoms with E-state index in [0.717, 1.165) is 5.56 Å². The molecule has 2 rings (SSSR count). The minimum Gasteiger partial charge on any atom is -0.492 e. The van der Waals surface area contributed by atoms with E-state index in [2.05, 4.69) is 5.32 Å². The lowest BCUT2D eigenvalue weighted by atomic mass is 10.2. The quantitative estimate of drug-likeness (QED) is 0.672. The van der Waals surface area contributed by atoms with Crippen molar-refractivity contribution in [2.24, 2.45) is 0 Å². The number of carbonyl (C=O) groups is 1. The van der Waals surface area contributed by atoms with E-state index in [-0.39, 0.29) is 12.6 Å². The van der Waals surface area contributed by atoms with Crippen LogP contribution in [0, 0.1) is 0 Å². The topological polar surface area (TPSA) is 61.8 Å². The minimum absolute atomic E-state index is 0.000681. The molecular weight excluding hydrogens is 375 g/mol. The fourth-order valence-corrected chi connectivity index (χ4v) is 2.74. The third kappa shape index (κ3) is 5.80. The first-order valence-electron chi connectivity index (χ1n) is 8.37. The molecule has 2 N–H and O–H groups in total. The van der Waals surface area contributed by atoms with E-state index >= 15 is 0 Å². The van der Waals surface area contributed by atoms with Crippen molar-refractivity contribution in [1.82, 2.24) is 4.90 Å². The van der Waals surface area contributed by atoms with Crippen molar-refractivity contribution in [2.45, 2.75) is 19.9 Å². The summed E-state index contributed by atoms with van der Waals surface area (Å²) in [6.07, 6.45) is 0.474. The van der Waals surface area contributed by atoms with Crippen LogP contribution in [0.1, 0.15) is 18.9 Å². The van der Waals surface area contributed by atoms with E-state index < -0.39 is 0 Å². The Labute approximate surface area is 163 Å². The van der Waals surface area contributed by atoms with Crippen molar-refractivity contribution in [3.8, 4) is 5.75 Å². The highest BCUT2D eigenvalue weighted by Gasteiger charge is 2.16. The van der Waals surface area contributed by atoms with Gasteiger partial charge < -0.3 is 20.1 Å². The van der Waals surface area contributed by atoms with E-state index in [1.54, 1.807) is 29.2 Å². The predicted molar refractivity (Wildman–Crippen MR) is 105 cm³/mol. The molecule has 0 fully saturated rings. The number of halogens is 2. The van der Waals surface area contributed by atoms with E-state index in [4.69, 9.17) is 33.0 Å². The Hall–Kier alpha value is -1.95. The third-order valence-electron chi connectivity index (χ3n) is 3.66. The van der Waals surface area contributed by atoms with Gasteiger partial charge in [-0.3, -0.25) is 0 Å². The molecule has 5 nitrogen and oxygen atoms in total. The molecule has 2 aromatic rings. The van der Waals surface area contributed by atoms with Gasteiger partial charge in [-0.2, -0.15) is 0 Å². The third-order valence-corrected chi connectivity index (χ3v) is 4.40. The monoisotopic (exact) mass is 396 g/mol. The number of benzene rings is 2. The molecule has 0 bridgehead atoms. The van der Waals surface area contributed by atoms with Crippen molar-refractivity contribution >= 4 is 34.9 Å². The summed E-state index contributed by atoms with van der Waals surface area (Å²) in [5.74, 6) is 0.611. The summed E-state index contributed by atoms with van der Waals surface area (Å²) in [4.78, 5) is 14.4. The molecule has 7 heteroatoms. The van der Waals surface area contributed by atoms with Crippen LogP contribution in [0.25, 0.3) is 0 Å². The molecule has 140 valence electrons. The van der Waals surface area contributed by atoms with Crippen LogP contribution in [-0.4, -0.2) is 35.8 Å². The van der Waals surface area contributed by atoms with Crippen LogP contribution < -0.4 is 10.1 Å². The maximum absolute atomic E-state index is 12.7. The minimum atomic E-state index is -0.281. The largest absolute Gasteiger partial charge is 0.492 e. The molecule has 0 aliphatic rings. The van der Waals surface area contributed by atoms with E-state index in [1.807, 2.05) is 25.1 Å². The van der Waals surface area contributed by atoms with Crippen molar-refractivity contribution in [3.63, 3.8) is 0 Å². The van der Waals surface area contributed by atoms with Crippen molar-refractivity contribution in [1.29, 1.82) is 0 Å². The maximum Gasteiger partial charge on any atom is 0.322 e. The van der Waals surface area contributed by atoms with E-state index in [0.29, 0.717) is 47.6 Å². The van der Waals surface area contributed by atoms with Crippen LogP contribution >= 0.6 is 23.2 Å². The zero-order valence-electron chi connectivity index (χ0n) is 14.5. The zero-order chi connectivity index (χ0) is 18.9. The van der Waals surface area contributed by atoms with Gasteiger partial charge >= 0.3 is 6.03 Å². The molecule has 0 aromatic heterocycles. The second-order valence-corrected chi connectivity index (χ2v) is 6.42. The number of urea groups is 1. The summed E-state index contributed by atoms with van der Waals surface area (Å²) in [5, 5.41) is 12.9. The number of ether oxygens (including phenoxy) is 1. The van der Waals surface area contributed by atoms with Crippen molar-refractivity contribution in [3.05, 3.63) is 58.1 Å². The number of amides is 2. The van der Waals surface area contributed by atoms with Gasteiger partial charge in [-0.05, 0) is 43.2 Å². The zero-order valence-corrected chi connectivity index (χ0v) is 16.1. The predicted octanol–water partition coefficient (Wildman–Crippen LogP) is 4.81. The number of nitrogens with zero attached hydrogens (tertiary/aromatic N) is 1. The Morgan fingerprint density at radius 2 is 1.96 bits per heavy atom. The average Bonchev–Trinajstić information content (AvgIpc) is 2.63. The number of hydrogen-bond acceptors (Lipinski definition) is 3. The Morgan fingerprint density at radius 1 is 1.19 bits per heavy atom. The molecule has 0 aliphatic carbocycles. The molecule has 0 radical (unpaired) electrons. The number of anilines is 1. The molecule has 0 saturated carbocycles. The summed E-state index contributed by atoms with van der Waals surface area (Å²) in [5.41, 5.74) is 1.45. The lowest BCUT2D eigenvalue weighted by Crippen LogP contribution is -2.35. The molecule has 0 saturated heterocycles. The Balaban J connectivity index is 2.14. The van der Waals surface area contributed by atoms with Gasteiger partial charge in [0.1, 0.15) is 5.75 Å². The molecule has 2 amide bonds. The summed E-state index contributed by atoms with van der Waals surface area (Å²) < 4.78 is 5.54. The number of rotatable bonds is 8. The average molecular weight is 397 g/mol. The van der Waals surface area contributed by atoms with Gasteiger partial charge in [-0.1, -0.05) is 41.4 Å². The number of hydrogen-bond donors (Lipinski definition) is 2. The van der Waals surface area contributed by atoms with Crippen LogP contribution in [0.5, 0.6) is 5.75 Å². The van der Waals surface area contributed by atoms with Crippen LogP contribution in [0.2, 0.25) is 10.0 Å². The molecule has 0 unspecified atom stereocenters. The van der Waals surface area contributed by atoms with Crippen molar-refractivity contribution in [2.75, 3.05) is 25.1 Å². The normalized spacial score (nSPS) is 10.5. The molecule has 2 aromatic carbocycles. The van der Waals surface area contributed by atoms with Gasteiger partial charge in [-0.25, -0.2) is 4.79 Å². The first-order chi connectivity index (χ1) is 12.5. The van der Waals surface area contributed by atoms with Gasteiger partial charge in [0.15, 0.2) is 0 Å². The van der Waals surface area contributed by atoms with Crippen LogP contribution in [-0.2, 0) is 6.54 Å². The van der Waals surface area contributed by atoms with E-state index in [1.165, 1.54) is 0 Å². The van der Waals surface area contributed by atoms with Gasteiger partial charge in [0.25, 0.3) is 0 Å². The second kappa shape index (κ2) is 10.3. The number of para-hydroxylation sites is 2. The van der Waals surface area contributed by atoms with Gasteiger partial charge in [-0.15, -0.1) is 0 Å². The SMILES string of the molecule is CCOc1ccccc1NC(=O)N(CCCO)Cc1ccc(Cl)c(Cl)c1. The fraction of sp³-hybridized carbons (Fsp3) is 0.316. The highest BCUT2D eigenvalue weighted by Crippen LogP contribution is 2.25. The molecular formula is C19H22Cl2N2O3. The smallest absolute Gasteiger partial charge is 0.322 e. The van der Waals surface area contributed by atoms with Crippen LogP contribution in [0.4, 0.5) is 10.5 Å². The molecule has 0 aliphatic heterocycles. The molecule has 0 spiro atoms. The number of aliphatic hydroxyl groups excluding tert-OH is 1. The maximum atomic E-state index is 12.7. The Bertz CT molecular complexity index is 740. The Kier molecular flexibility index (Phi) is 8.04. The number of aliphatic hydroxyl groups is 1. The highest BCUT2D eigenvalue weighted by atomic mass is 35.5. The van der Waals surface area contributed by atoms with Gasteiger partial charge in [0.05, 0.1) is 22.3 Å². The Morgan fingerprint density at radius 3 is 2.65 bits per heavy atom. The number of nitrogens with one attached hydrogen (secondary N) is 1. The highest BCUT2D eigenvalue weighted by molar-refractivity contribution is 6.42. The fourth-order valence-electron chi connectivity index (χ4n) is 2.42.